The number of Topliss-reactive ketones (excluding diaryl/α,β-unsaturated/α-hetero) is 3. The standard InChI is InChI=1S/C40H29ClO5/c41-31-23-21-30(22-24-31)40-32(35(42)26-13-5-1-6-14-26)25-39(46-38(40)45,29-19-11-4-12-20-29)33(36(43)27-15-7-2-8-16-27)34(40)37(44)28-17-9-3-10-18-28/h1-24,32-34H,25H2/t32?,33-,34+,39-,40+/m1/s1. The summed E-state index contributed by atoms with van der Waals surface area (Å²) in [4.78, 5) is 59.8. The Morgan fingerprint density at radius 3 is 1.48 bits per heavy atom. The van der Waals surface area contributed by atoms with Crippen molar-refractivity contribution in [3.05, 3.63) is 178 Å². The molecule has 2 heterocycles. The van der Waals surface area contributed by atoms with Gasteiger partial charge in [0.1, 0.15) is 11.0 Å². The average Bonchev–Trinajstić information content (AvgIpc) is 3.12. The molecule has 0 radical (unpaired) electrons. The Hall–Kier alpha value is -5.13. The van der Waals surface area contributed by atoms with Crippen molar-refractivity contribution < 1.29 is 23.9 Å². The van der Waals surface area contributed by atoms with E-state index in [9.17, 15) is 14.4 Å². The number of fused-ring (bicyclic) bond motifs is 3. The second-order valence-corrected chi connectivity index (χ2v) is 12.4. The second-order valence-electron chi connectivity index (χ2n) is 11.9. The number of carbonyl (C=O) groups is 4. The first-order chi connectivity index (χ1) is 22.4. The monoisotopic (exact) mass is 624 g/mol. The van der Waals surface area contributed by atoms with E-state index < -0.39 is 40.5 Å². The molecule has 5 nitrogen and oxygen atoms in total. The summed E-state index contributed by atoms with van der Waals surface area (Å²) in [6.45, 7) is 0. The van der Waals surface area contributed by atoms with Gasteiger partial charge in [-0.25, -0.2) is 0 Å². The van der Waals surface area contributed by atoms with Crippen LogP contribution in [0.25, 0.3) is 0 Å². The van der Waals surface area contributed by atoms with E-state index in [1.165, 1.54) is 0 Å². The minimum absolute atomic E-state index is 0.000910. The number of hydrogen-bond acceptors (Lipinski definition) is 5. The molecule has 1 aliphatic carbocycles. The first kappa shape index (κ1) is 29.6. The summed E-state index contributed by atoms with van der Waals surface area (Å²) < 4.78 is 6.54. The van der Waals surface area contributed by atoms with E-state index in [0.29, 0.717) is 32.8 Å². The van der Waals surface area contributed by atoms with Crippen LogP contribution in [-0.4, -0.2) is 23.3 Å². The van der Waals surface area contributed by atoms with Gasteiger partial charge in [0.25, 0.3) is 0 Å². The van der Waals surface area contributed by atoms with E-state index in [2.05, 4.69) is 0 Å². The minimum Gasteiger partial charge on any atom is -0.453 e. The lowest BCUT2D eigenvalue weighted by Gasteiger charge is -2.62. The zero-order valence-corrected chi connectivity index (χ0v) is 25.5. The van der Waals surface area contributed by atoms with Crippen LogP contribution >= 0.6 is 11.6 Å². The highest BCUT2D eigenvalue weighted by molar-refractivity contribution is 6.30. The predicted octanol–water partition coefficient (Wildman–Crippen LogP) is 7.93. The van der Waals surface area contributed by atoms with Crippen molar-refractivity contribution in [2.75, 3.05) is 0 Å². The fraction of sp³-hybridized carbons (Fsp3) is 0.150. The molecular formula is C40H29ClO5. The van der Waals surface area contributed by atoms with Gasteiger partial charge in [0.2, 0.25) is 0 Å². The normalized spacial score (nSPS) is 25.0. The molecule has 2 saturated heterocycles. The van der Waals surface area contributed by atoms with Crippen LogP contribution in [0.3, 0.4) is 0 Å². The number of ketones is 3. The minimum atomic E-state index is -1.84. The van der Waals surface area contributed by atoms with Crippen LogP contribution in [0.5, 0.6) is 0 Å². The summed E-state index contributed by atoms with van der Waals surface area (Å²) in [7, 11) is 0. The molecule has 8 rings (SSSR count). The predicted molar refractivity (Wildman–Crippen MR) is 175 cm³/mol. The molecule has 0 N–H and O–H groups in total. The molecule has 46 heavy (non-hydrogen) atoms. The van der Waals surface area contributed by atoms with Crippen LogP contribution in [0, 0.1) is 17.8 Å². The molecule has 6 heteroatoms. The Bertz CT molecular complexity index is 1930. The molecule has 5 aromatic carbocycles. The number of ether oxygens (including phenoxy) is 1. The third-order valence-corrected chi connectivity index (χ3v) is 9.89. The summed E-state index contributed by atoms with van der Waals surface area (Å²) in [5.74, 6) is -5.26. The van der Waals surface area contributed by atoms with E-state index >= 15 is 4.79 Å². The molecule has 3 aliphatic rings. The lowest BCUT2D eigenvalue weighted by molar-refractivity contribution is -0.220. The quantitative estimate of drug-likeness (QED) is 0.129. The summed E-state index contributed by atoms with van der Waals surface area (Å²) >= 11 is 6.33. The van der Waals surface area contributed by atoms with Crippen molar-refractivity contribution in [2.24, 2.45) is 17.8 Å². The van der Waals surface area contributed by atoms with Crippen molar-refractivity contribution >= 4 is 34.9 Å². The largest absolute Gasteiger partial charge is 0.453 e. The van der Waals surface area contributed by atoms with E-state index in [4.69, 9.17) is 16.3 Å². The van der Waals surface area contributed by atoms with Gasteiger partial charge in [0.05, 0.1) is 11.8 Å². The molecule has 0 spiro atoms. The van der Waals surface area contributed by atoms with Gasteiger partial charge >= 0.3 is 5.97 Å². The van der Waals surface area contributed by atoms with E-state index in [0.717, 1.165) is 0 Å². The molecule has 0 aromatic heterocycles. The molecular weight excluding hydrogens is 596 g/mol. The maximum atomic E-state index is 15.1. The lowest BCUT2D eigenvalue weighted by atomic mass is 9.43. The summed E-state index contributed by atoms with van der Waals surface area (Å²) in [5.41, 5.74) is -1.37. The van der Waals surface area contributed by atoms with Crippen molar-refractivity contribution in [3.63, 3.8) is 0 Å². The Balaban J connectivity index is 1.59. The summed E-state index contributed by atoms with van der Waals surface area (Å²) in [6, 6.07) is 41.8. The Kier molecular flexibility index (Phi) is 7.50. The maximum absolute atomic E-state index is 15.1. The number of hydrogen-bond donors (Lipinski definition) is 0. The number of benzene rings is 5. The van der Waals surface area contributed by atoms with Gasteiger partial charge in [-0.15, -0.1) is 0 Å². The molecule has 3 fully saturated rings. The van der Waals surface area contributed by atoms with Gasteiger partial charge in [0, 0.05) is 34.1 Å². The summed E-state index contributed by atoms with van der Waals surface area (Å²) in [5, 5.41) is 0.424. The third kappa shape index (κ3) is 4.53. The molecule has 2 aliphatic heterocycles. The highest BCUT2D eigenvalue weighted by atomic mass is 35.5. The number of rotatable bonds is 8. The van der Waals surface area contributed by atoms with Gasteiger partial charge in [-0.05, 0) is 23.3 Å². The number of carbonyl (C=O) groups excluding carboxylic acids is 4. The average molecular weight is 625 g/mol. The number of esters is 1. The fourth-order valence-corrected chi connectivity index (χ4v) is 7.78. The fourth-order valence-electron chi connectivity index (χ4n) is 7.65. The number of halogens is 1. The second kappa shape index (κ2) is 11.7. The van der Waals surface area contributed by atoms with Crippen molar-refractivity contribution in [2.45, 2.75) is 17.4 Å². The molecule has 5 aromatic rings. The lowest BCUT2D eigenvalue weighted by Crippen LogP contribution is -2.73. The molecule has 226 valence electrons. The summed E-state index contributed by atoms with van der Waals surface area (Å²) in [6.07, 6.45) is 0.000910. The first-order valence-electron chi connectivity index (χ1n) is 15.2. The van der Waals surface area contributed by atoms with E-state index in [1.807, 2.05) is 18.2 Å². The molecule has 5 atom stereocenters. The Labute approximate surface area is 271 Å². The molecule has 1 unspecified atom stereocenters. The SMILES string of the molecule is O=C(c1ccccc1)C1C[C@]2(c3ccccc3)OC(=O)[C@]1(c1ccc(Cl)cc1)[C@H](C(=O)c1ccccc1)[C@@H]2C(=O)c1ccccc1. The van der Waals surface area contributed by atoms with Crippen molar-refractivity contribution in [3.8, 4) is 0 Å². The van der Waals surface area contributed by atoms with E-state index in [1.54, 1.807) is 127 Å². The molecule has 0 amide bonds. The van der Waals surface area contributed by atoms with Gasteiger partial charge < -0.3 is 4.74 Å². The Morgan fingerprint density at radius 2 is 0.978 bits per heavy atom. The first-order valence-corrected chi connectivity index (χ1v) is 15.6. The highest BCUT2D eigenvalue weighted by Gasteiger charge is 2.76. The van der Waals surface area contributed by atoms with Gasteiger partial charge in [-0.1, -0.05) is 145 Å². The zero-order chi connectivity index (χ0) is 31.9. The van der Waals surface area contributed by atoms with Crippen LogP contribution in [0.2, 0.25) is 5.02 Å². The van der Waals surface area contributed by atoms with Crippen molar-refractivity contribution in [1.29, 1.82) is 0 Å². The molecule has 2 bridgehead atoms. The van der Waals surface area contributed by atoms with Crippen LogP contribution < -0.4 is 0 Å². The Morgan fingerprint density at radius 1 is 0.543 bits per heavy atom. The van der Waals surface area contributed by atoms with Gasteiger partial charge in [-0.3, -0.25) is 19.2 Å². The van der Waals surface area contributed by atoms with Crippen molar-refractivity contribution in [1.82, 2.24) is 0 Å². The smallest absolute Gasteiger partial charge is 0.319 e. The van der Waals surface area contributed by atoms with Crippen LogP contribution in [0.1, 0.15) is 48.6 Å². The molecule has 1 saturated carbocycles. The van der Waals surface area contributed by atoms with E-state index in [-0.39, 0.29) is 18.0 Å². The third-order valence-electron chi connectivity index (χ3n) is 9.64. The van der Waals surface area contributed by atoms with Gasteiger partial charge in [0.15, 0.2) is 17.3 Å². The topological polar surface area (TPSA) is 77.5 Å². The van der Waals surface area contributed by atoms with Gasteiger partial charge in [-0.2, -0.15) is 0 Å². The van der Waals surface area contributed by atoms with Crippen LogP contribution in [0.15, 0.2) is 146 Å². The maximum Gasteiger partial charge on any atom is 0.319 e. The zero-order valence-electron chi connectivity index (χ0n) is 24.7. The highest BCUT2D eigenvalue weighted by Crippen LogP contribution is 2.65. The van der Waals surface area contributed by atoms with Crippen LogP contribution in [0.4, 0.5) is 0 Å². The van der Waals surface area contributed by atoms with Crippen LogP contribution in [-0.2, 0) is 20.5 Å².